The number of aromatic hydroxyl groups is 1. The maximum atomic E-state index is 11.5. The molecule has 1 aliphatic heterocycles. The lowest BCUT2D eigenvalue weighted by atomic mass is 10.0. The highest BCUT2D eigenvalue weighted by Crippen LogP contribution is 2.29. The van der Waals surface area contributed by atoms with E-state index in [2.05, 4.69) is 11.8 Å². The SMILES string of the molecule is CC(=O)c1cc(Cl)cc(CN2CC(C)OCC2C)c1O. The summed E-state index contributed by atoms with van der Waals surface area (Å²) < 4.78 is 5.59. The quantitative estimate of drug-likeness (QED) is 0.872. The summed E-state index contributed by atoms with van der Waals surface area (Å²) in [4.78, 5) is 13.8. The van der Waals surface area contributed by atoms with E-state index < -0.39 is 0 Å². The van der Waals surface area contributed by atoms with Crippen molar-refractivity contribution in [3.05, 3.63) is 28.3 Å². The van der Waals surface area contributed by atoms with Crippen LogP contribution in [0.1, 0.15) is 36.7 Å². The third kappa shape index (κ3) is 3.32. The van der Waals surface area contributed by atoms with Crippen molar-refractivity contribution in [3.8, 4) is 5.75 Å². The first-order valence-electron chi connectivity index (χ1n) is 6.76. The monoisotopic (exact) mass is 297 g/mol. The highest BCUT2D eigenvalue weighted by Gasteiger charge is 2.25. The Labute approximate surface area is 124 Å². The van der Waals surface area contributed by atoms with E-state index in [0.717, 1.165) is 6.54 Å². The topological polar surface area (TPSA) is 49.8 Å². The molecule has 110 valence electrons. The molecule has 4 nitrogen and oxygen atoms in total. The van der Waals surface area contributed by atoms with Crippen LogP contribution >= 0.6 is 11.6 Å². The van der Waals surface area contributed by atoms with Crippen molar-refractivity contribution in [2.45, 2.75) is 39.5 Å². The Balaban J connectivity index is 2.26. The summed E-state index contributed by atoms with van der Waals surface area (Å²) in [6.07, 6.45) is 0.166. The van der Waals surface area contributed by atoms with Crippen LogP contribution in [0.4, 0.5) is 0 Å². The van der Waals surface area contributed by atoms with Gasteiger partial charge in [0.15, 0.2) is 5.78 Å². The Morgan fingerprint density at radius 3 is 2.85 bits per heavy atom. The number of nitrogens with zero attached hydrogens (tertiary/aromatic N) is 1. The van der Waals surface area contributed by atoms with Crippen LogP contribution in [0.25, 0.3) is 0 Å². The third-order valence-electron chi connectivity index (χ3n) is 3.64. The lowest BCUT2D eigenvalue weighted by Gasteiger charge is -2.37. The molecule has 1 saturated heterocycles. The van der Waals surface area contributed by atoms with Gasteiger partial charge < -0.3 is 9.84 Å². The molecule has 0 aliphatic carbocycles. The van der Waals surface area contributed by atoms with Crippen molar-refractivity contribution in [2.24, 2.45) is 0 Å². The van der Waals surface area contributed by atoms with Crippen LogP contribution in [-0.4, -0.2) is 41.1 Å². The summed E-state index contributed by atoms with van der Waals surface area (Å²) in [6, 6.07) is 3.50. The van der Waals surface area contributed by atoms with Crippen molar-refractivity contribution < 1.29 is 14.6 Å². The Morgan fingerprint density at radius 1 is 1.50 bits per heavy atom. The van der Waals surface area contributed by atoms with Gasteiger partial charge in [-0.05, 0) is 32.9 Å². The molecule has 1 N–H and O–H groups in total. The summed E-state index contributed by atoms with van der Waals surface area (Å²) in [5.74, 6) is -0.150. The molecule has 2 unspecified atom stereocenters. The number of hydrogen-bond donors (Lipinski definition) is 1. The van der Waals surface area contributed by atoms with Crippen LogP contribution in [0.2, 0.25) is 5.02 Å². The summed E-state index contributed by atoms with van der Waals surface area (Å²) >= 11 is 6.04. The van der Waals surface area contributed by atoms with Gasteiger partial charge in [0.25, 0.3) is 0 Å². The van der Waals surface area contributed by atoms with Crippen LogP contribution in [-0.2, 0) is 11.3 Å². The molecule has 1 aromatic rings. The average molecular weight is 298 g/mol. The van der Waals surface area contributed by atoms with E-state index in [1.807, 2.05) is 6.92 Å². The first-order chi connectivity index (χ1) is 9.38. The molecule has 0 bridgehead atoms. The molecule has 2 rings (SSSR count). The number of morpholine rings is 1. The predicted molar refractivity (Wildman–Crippen MR) is 78.4 cm³/mol. The second kappa shape index (κ2) is 6.12. The summed E-state index contributed by atoms with van der Waals surface area (Å²) in [5.41, 5.74) is 0.963. The van der Waals surface area contributed by atoms with Gasteiger partial charge in [-0.3, -0.25) is 9.69 Å². The molecule has 1 heterocycles. The number of hydrogen-bond acceptors (Lipinski definition) is 4. The van der Waals surface area contributed by atoms with Gasteiger partial charge >= 0.3 is 0 Å². The standard InChI is InChI=1S/C15H20ClNO3/c1-9-8-20-10(2)6-17(9)7-12-4-13(16)5-14(11(3)18)15(12)19/h4-5,9-10,19H,6-8H2,1-3H3. The van der Waals surface area contributed by atoms with Gasteiger partial charge in [-0.2, -0.15) is 0 Å². The smallest absolute Gasteiger partial charge is 0.163 e. The number of ether oxygens (including phenoxy) is 1. The predicted octanol–water partition coefficient (Wildman–Crippen LogP) is 2.86. The van der Waals surface area contributed by atoms with Crippen molar-refractivity contribution in [1.82, 2.24) is 4.90 Å². The molecular weight excluding hydrogens is 278 g/mol. The Kier molecular flexibility index (Phi) is 4.68. The van der Waals surface area contributed by atoms with E-state index in [4.69, 9.17) is 16.3 Å². The van der Waals surface area contributed by atoms with Crippen molar-refractivity contribution >= 4 is 17.4 Å². The van der Waals surface area contributed by atoms with E-state index >= 15 is 0 Å². The zero-order valence-corrected chi connectivity index (χ0v) is 12.8. The highest BCUT2D eigenvalue weighted by atomic mass is 35.5. The number of benzene rings is 1. The minimum absolute atomic E-state index is 0.0354. The van der Waals surface area contributed by atoms with Crippen LogP contribution in [0.5, 0.6) is 5.75 Å². The highest BCUT2D eigenvalue weighted by molar-refractivity contribution is 6.31. The zero-order chi connectivity index (χ0) is 14.9. The van der Waals surface area contributed by atoms with Gasteiger partial charge in [0, 0.05) is 29.7 Å². The number of ketones is 1. The first-order valence-corrected chi connectivity index (χ1v) is 7.14. The number of carbonyl (C=O) groups excluding carboxylic acids is 1. The lowest BCUT2D eigenvalue weighted by molar-refractivity contribution is -0.0528. The lowest BCUT2D eigenvalue weighted by Crippen LogP contribution is -2.46. The number of carbonyl (C=O) groups is 1. The summed E-state index contributed by atoms with van der Waals surface area (Å²) in [6.45, 7) is 7.55. The van der Waals surface area contributed by atoms with Gasteiger partial charge in [-0.1, -0.05) is 11.6 Å². The maximum absolute atomic E-state index is 11.5. The van der Waals surface area contributed by atoms with Gasteiger partial charge in [0.05, 0.1) is 18.3 Å². The molecule has 0 spiro atoms. The number of phenolic OH excluding ortho intramolecular Hbond substituents is 1. The summed E-state index contributed by atoms with van der Waals surface area (Å²) in [7, 11) is 0. The first kappa shape index (κ1) is 15.3. The molecule has 2 atom stereocenters. The van der Waals surface area contributed by atoms with E-state index in [1.54, 1.807) is 6.07 Å². The summed E-state index contributed by atoms with van der Waals surface area (Å²) in [5, 5.41) is 10.7. The van der Waals surface area contributed by atoms with E-state index in [1.165, 1.54) is 13.0 Å². The van der Waals surface area contributed by atoms with Crippen molar-refractivity contribution in [3.63, 3.8) is 0 Å². The molecule has 1 fully saturated rings. The van der Waals surface area contributed by atoms with Gasteiger partial charge in [0.1, 0.15) is 5.75 Å². The number of Topliss-reactive ketones (excluding diaryl/α,β-unsaturated/α-hetero) is 1. The largest absolute Gasteiger partial charge is 0.507 e. The molecule has 0 radical (unpaired) electrons. The number of rotatable bonds is 3. The zero-order valence-electron chi connectivity index (χ0n) is 12.0. The Hall–Kier alpha value is -1.10. The average Bonchev–Trinajstić information content (AvgIpc) is 2.37. The van der Waals surface area contributed by atoms with Crippen molar-refractivity contribution in [1.29, 1.82) is 0 Å². The van der Waals surface area contributed by atoms with Gasteiger partial charge in [0.2, 0.25) is 0 Å². The number of phenols is 1. The van der Waals surface area contributed by atoms with E-state index in [9.17, 15) is 9.90 Å². The molecule has 20 heavy (non-hydrogen) atoms. The van der Waals surface area contributed by atoms with Crippen molar-refractivity contribution in [2.75, 3.05) is 13.2 Å². The normalized spacial score (nSPS) is 23.8. The Bertz CT molecular complexity index is 518. The molecule has 0 saturated carbocycles. The third-order valence-corrected chi connectivity index (χ3v) is 3.86. The molecule has 1 aliphatic rings. The van der Waals surface area contributed by atoms with E-state index in [0.29, 0.717) is 23.7 Å². The number of halogens is 1. The molecule has 1 aromatic carbocycles. The van der Waals surface area contributed by atoms with Crippen LogP contribution in [0.15, 0.2) is 12.1 Å². The molecular formula is C15H20ClNO3. The molecule has 5 heteroatoms. The fourth-order valence-electron chi connectivity index (χ4n) is 2.46. The fourth-order valence-corrected chi connectivity index (χ4v) is 2.70. The van der Waals surface area contributed by atoms with Gasteiger partial charge in [-0.15, -0.1) is 0 Å². The molecule has 0 aromatic heterocycles. The Morgan fingerprint density at radius 2 is 2.20 bits per heavy atom. The van der Waals surface area contributed by atoms with Crippen LogP contribution in [0, 0.1) is 0 Å². The van der Waals surface area contributed by atoms with Gasteiger partial charge in [-0.25, -0.2) is 0 Å². The van der Waals surface area contributed by atoms with E-state index in [-0.39, 0.29) is 29.2 Å². The minimum Gasteiger partial charge on any atom is -0.507 e. The van der Waals surface area contributed by atoms with Crippen LogP contribution < -0.4 is 0 Å². The minimum atomic E-state index is -0.186. The second-order valence-corrected chi connectivity index (χ2v) is 5.88. The fraction of sp³-hybridized carbons (Fsp3) is 0.533. The second-order valence-electron chi connectivity index (χ2n) is 5.44. The molecule has 0 amide bonds. The maximum Gasteiger partial charge on any atom is 0.163 e. The van der Waals surface area contributed by atoms with Crippen LogP contribution in [0.3, 0.4) is 0 Å².